The fraction of sp³-hybridized carbons (Fsp3) is 0.216. The lowest BCUT2D eigenvalue weighted by Crippen LogP contribution is -2.46. The predicted octanol–water partition coefficient (Wildman–Crippen LogP) is 5.22. The van der Waals surface area contributed by atoms with Gasteiger partial charge in [0, 0.05) is 67.9 Å². The molecule has 0 saturated heterocycles. The van der Waals surface area contributed by atoms with E-state index in [1.807, 2.05) is 54.6 Å². The second kappa shape index (κ2) is 14.0. The third-order valence-corrected chi connectivity index (χ3v) is 10.4. The average Bonchev–Trinajstić information content (AvgIpc) is 3.11. The van der Waals surface area contributed by atoms with Gasteiger partial charge in [-0.15, -0.1) is 0 Å². The Balaban J connectivity index is 1.32. The Hall–Kier alpha value is -4.94. The van der Waals surface area contributed by atoms with Crippen LogP contribution in [0.1, 0.15) is 31.1 Å². The first-order chi connectivity index (χ1) is 23.3. The minimum absolute atomic E-state index is 0.00429. The van der Waals surface area contributed by atoms with E-state index in [1.54, 1.807) is 24.3 Å². The van der Waals surface area contributed by atoms with Gasteiger partial charge in [0.25, 0.3) is 17.7 Å². The summed E-state index contributed by atoms with van der Waals surface area (Å²) in [6, 6.07) is 29.7. The van der Waals surface area contributed by atoms with Gasteiger partial charge >= 0.3 is 0 Å². The van der Waals surface area contributed by atoms with Crippen LogP contribution in [0.4, 0.5) is 5.69 Å². The Bertz CT molecular complexity index is 2050. The molecule has 1 aliphatic heterocycles. The number of ether oxygens (including phenoxy) is 2. The van der Waals surface area contributed by atoms with E-state index in [1.165, 1.54) is 52.6 Å². The number of methoxy groups -OCH3 is 2. The molecule has 10 nitrogen and oxygen atoms in total. The van der Waals surface area contributed by atoms with Crippen molar-refractivity contribution >= 4 is 55.0 Å². The summed E-state index contributed by atoms with van der Waals surface area (Å²) in [6.45, 7) is 0.655. The average molecular weight is 666 g/mol. The topological polar surface area (TPSA) is 114 Å². The quantitative estimate of drug-likeness (QED) is 0.159. The minimum Gasteiger partial charge on any atom is -0.383 e. The van der Waals surface area contributed by atoms with Crippen LogP contribution >= 0.6 is 0 Å². The summed E-state index contributed by atoms with van der Waals surface area (Å²) < 4.78 is 38.4. The van der Waals surface area contributed by atoms with Gasteiger partial charge in [0.2, 0.25) is 10.0 Å². The number of carbonyl (C=O) groups excluding carboxylic acids is 3. The molecule has 246 valence electrons. The molecule has 48 heavy (non-hydrogen) atoms. The van der Waals surface area contributed by atoms with E-state index >= 15 is 0 Å². The van der Waals surface area contributed by atoms with E-state index in [0.29, 0.717) is 22.2 Å². The Morgan fingerprint density at radius 3 is 1.88 bits per heavy atom. The van der Waals surface area contributed by atoms with Gasteiger partial charge in [0.1, 0.15) is 0 Å². The standard InChI is InChI=1S/C37H35N3O7S/c1-46-24-22-38(23-25-47-2)48(44,45)29-18-16-28(17-19-29)35(41)39(33-15-7-9-26-8-3-4-12-30(26)33)20-21-40-36(42)31-13-5-10-27-11-6-14-32(34(27)31)37(40)43/h3-19H,20-25H2,1-2H3. The number of sulfonamides is 1. The predicted molar refractivity (Wildman–Crippen MR) is 184 cm³/mol. The van der Waals surface area contributed by atoms with E-state index in [9.17, 15) is 22.8 Å². The van der Waals surface area contributed by atoms with E-state index in [-0.39, 0.29) is 49.9 Å². The van der Waals surface area contributed by atoms with E-state index in [2.05, 4.69) is 0 Å². The van der Waals surface area contributed by atoms with Gasteiger partial charge in [-0.05, 0) is 53.2 Å². The number of fused-ring (bicyclic) bond motifs is 1. The number of benzene rings is 5. The Morgan fingerprint density at radius 1 is 0.688 bits per heavy atom. The smallest absolute Gasteiger partial charge is 0.261 e. The van der Waals surface area contributed by atoms with Crippen LogP contribution in [0.2, 0.25) is 0 Å². The fourth-order valence-corrected chi connectivity index (χ4v) is 7.48. The van der Waals surface area contributed by atoms with Crippen LogP contribution in [0.3, 0.4) is 0 Å². The molecular weight excluding hydrogens is 630 g/mol. The third kappa shape index (κ3) is 6.20. The molecular formula is C37H35N3O7S. The molecule has 0 aromatic heterocycles. The molecule has 0 bridgehead atoms. The van der Waals surface area contributed by atoms with Crippen LogP contribution in [-0.2, 0) is 19.5 Å². The second-order valence-electron chi connectivity index (χ2n) is 11.3. The van der Waals surface area contributed by atoms with Crippen LogP contribution in [0, 0.1) is 0 Å². The van der Waals surface area contributed by atoms with Crippen molar-refractivity contribution in [2.24, 2.45) is 0 Å². The highest BCUT2D eigenvalue weighted by molar-refractivity contribution is 7.89. The Kier molecular flexibility index (Phi) is 9.65. The highest BCUT2D eigenvalue weighted by atomic mass is 32.2. The maximum Gasteiger partial charge on any atom is 0.261 e. The van der Waals surface area contributed by atoms with Crippen LogP contribution < -0.4 is 4.90 Å². The maximum absolute atomic E-state index is 14.3. The molecule has 0 spiro atoms. The number of rotatable bonds is 13. The van der Waals surface area contributed by atoms with Crippen molar-refractivity contribution in [1.29, 1.82) is 0 Å². The molecule has 0 aliphatic carbocycles. The lowest BCUT2D eigenvalue weighted by molar-refractivity contribution is 0.0611. The first kappa shape index (κ1) is 33.0. The van der Waals surface area contributed by atoms with Crippen molar-refractivity contribution in [3.63, 3.8) is 0 Å². The van der Waals surface area contributed by atoms with Crippen molar-refractivity contribution < 1.29 is 32.3 Å². The number of hydrogen-bond acceptors (Lipinski definition) is 7. The highest BCUT2D eigenvalue weighted by Crippen LogP contribution is 2.32. The second-order valence-corrected chi connectivity index (χ2v) is 13.3. The van der Waals surface area contributed by atoms with Gasteiger partial charge < -0.3 is 14.4 Å². The van der Waals surface area contributed by atoms with Crippen molar-refractivity contribution in [1.82, 2.24) is 9.21 Å². The molecule has 1 aliphatic rings. The van der Waals surface area contributed by atoms with E-state index < -0.39 is 27.7 Å². The maximum atomic E-state index is 14.3. The summed E-state index contributed by atoms with van der Waals surface area (Å²) in [7, 11) is -0.901. The van der Waals surface area contributed by atoms with Crippen molar-refractivity contribution in [3.05, 3.63) is 120 Å². The summed E-state index contributed by atoms with van der Waals surface area (Å²) in [5, 5.41) is 3.16. The molecule has 11 heteroatoms. The van der Waals surface area contributed by atoms with Crippen LogP contribution in [0.5, 0.6) is 0 Å². The van der Waals surface area contributed by atoms with Gasteiger partial charge in [0.15, 0.2) is 0 Å². The number of hydrogen-bond donors (Lipinski definition) is 0. The summed E-state index contributed by atoms with van der Waals surface area (Å²) in [4.78, 5) is 44.4. The summed E-state index contributed by atoms with van der Waals surface area (Å²) >= 11 is 0. The molecule has 6 rings (SSSR count). The Morgan fingerprint density at radius 2 is 1.25 bits per heavy atom. The fourth-order valence-electron chi connectivity index (χ4n) is 6.07. The number of anilines is 1. The summed E-state index contributed by atoms with van der Waals surface area (Å²) in [6.07, 6.45) is 0. The summed E-state index contributed by atoms with van der Waals surface area (Å²) in [5.74, 6) is -1.25. The minimum atomic E-state index is -3.90. The van der Waals surface area contributed by atoms with E-state index in [0.717, 1.165) is 16.2 Å². The molecule has 1 heterocycles. The Labute approximate surface area is 279 Å². The first-order valence-electron chi connectivity index (χ1n) is 15.5. The number of nitrogens with zero attached hydrogens (tertiary/aromatic N) is 3. The zero-order chi connectivity index (χ0) is 33.8. The monoisotopic (exact) mass is 665 g/mol. The van der Waals surface area contributed by atoms with Crippen LogP contribution in [0.15, 0.2) is 108 Å². The molecule has 0 radical (unpaired) electrons. The lowest BCUT2D eigenvalue weighted by atomic mass is 9.94. The van der Waals surface area contributed by atoms with E-state index in [4.69, 9.17) is 9.47 Å². The highest BCUT2D eigenvalue weighted by Gasteiger charge is 2.34. The van der Waals surface area contributed by atoms with Gasteiger partial charge in [-0.3, -0.25) is 19.3 Å². The van der Waals surface area contributed by atoms with Crippen LogP contribution in [0.25, 0.3) is 21.5 Å². The number of amides is 3. The largest absolute Gasteiger partial charge is 0.383 e. The zero-order valence-electron chi connectivity index (χ0n) is 26.7. The summed E-state index contributed by atoms with van der Waals surface area (Å²) in [5.41, 5.74) is 1.72. The van der Waals surface area contributed by atoms with Gasteiger partial charge in [-0.25, -0.2) is 8.42 Å². The van der Waals surface area contributed by atoms with Crippen LogP contribution in [-0.4, -0.2) is 89.0 Å². The molecule has 0 saturated carbocycles. The number of imide groups is 1. The van der Waals surface area contributed by atoms with Crippen molar-refractivity contribution in [2.75, 3.05) is 58.5 Å². The van der Waals surface area contributed by atoms with Gasteiger partial charge in [-0.2, -0.15) is 4.31 Å². The molecule has 0 unspecified atom stereocenters. The SMILES string of the molecule is COCCN(CCOC)S(=O)(=O)c1ccc(C(=O)N(CCN2C(=O)c3cccc4cccc(c34)C2=O)c2cccc3ccccc23)cc1. The van der Waals surface area contributed by atoms with Gasteiger partial charge in [-0.1, -0.05) is 60.7 Å². The molecule has 5 aromatic carbocycles. The normalized spacial score (nSPS) is 13.1. The molecule has 5 aromatic rings. The van der Waals surface area contributed by atoms with Crippen molar-refractivity contribution in [3.8, 4) is 0 Å². The van der Waals surface area contributed by atoms with Gasteiger partial charge in [0.05, 0.1) is 23.8 Å². The first-order valence-corrected chi connectivity index (χ1v) is 17.0. The molecule has 0 fully saturated rings. The zero-order valence-corrected chi connectivity index (χ0v) is 27.5. The lowest BCUT2D eigenvalue weighted by Gasteiger charge is -2.30. The third-order valence-electron chi connectivity index (χ3n) is 8.53. The molecule has 0 atom stereocenters. The number of carbonyl (C=O) groups is 3. The molecule has 3 amide bonds. The van der Waals surface area contributed by atoms with Crippen molar-refractivity contribution in [2.45, 2.75) is 4.90 Å². The molecule has 0 N–H and O–H groups in total.